The lowest BCUT2D eigenvalue weighted by Gasteiger charge is -1.99. The number of carbonyl (C=O) groups excluding carboxylic acids is 1. The third-order valence-electron chi connectivity index (χ3n) is 2.85. The molecule has 20 heavy (non-hydrogen) atoms. The van der Waals surface area contributed by atoms with Crippen LogP contribution in [0, 0.1) is 0 Å². The van der Waals surface area contributed by atoms with Gasteiger partial charge in [-0.2, -0.15) is 4.98 Å². The van der Waals surface area contributed by atoms with Crippen LogP contribution in [-0.2, 0) is 0 Å². The number of amides is 1. The van der Waals surface area contributed by atoms with Gasteiger partial charge in [0.15, 0.2) is 5.58 Å². The molecule has 0 unspecified atom stereocenters. The summed E-state index contributed by atoms with van der Waals surface area (Å²) in [5, 5.41) is 2.63. The minimum absolute atomic E-state index is 0.169. The summed E-state index contributed by atoms with van der Waals surface area (Å²) in [4.78, 5) is 16.2. The summed E-state index contributed by atoms with van der Waals surface area (Å²) in [7, 11) is 1.58. The molecule has 0 aliphatic carbocycles. The maximum absolute atomic E-state index is 12.0. The molecule has 100 valence electrons. The van der Waals surface area contributed by atoms with Gasteiger partial charge >= 0.3 is 6.01 Å². The van der Waals surface area contributed by atoms with Crippen molar-refractivity contribution in [3.8, 4) is 5.75 Å². The van der Waals surface area contributed by atoms with Crippen molar-refractivity contribution in [2.24, 2.45) is 0 Å². The Balaban J connectivity index is 1.86. The molecular formula is C15H12N2O3. The molecule has 2 aromatic carbocycles. The molecule has 1 aromatic heterocycles. The van der Waals surface area contributed by atoms with Crippen molar-refractivity contribution in [1.82, 2.24) is 4.98 Å². The molecule has 0 saturated heterocycles. The van der Waals surface area contributed by atoms with Crippen LogP contribution in [-0.4, -0.2) is 18.0 Å². The standard InChI is InChI=1S/C15H12N2O3/c1-19-11-7-8-12-13(9-11)20-15(16-12)17-14(18)10-5-3-2-4-6-10/h2-9H,1H3,(H,16,17,18). The number of ether oxygens (including phenoxy) is 1. The lowest BCUT2D eigenvalue weighted by atomic mass is 10.2. The third kappa shape index (κ3) is 2.33. The first kappa shape index (κ1) is 12.2. The van der Waals surface area contributed by atoms with Crippen LogP contribution >= 0.6 is 0 Å². The zero-order valence-corrected chi connectivity index (χ0v) is 10.8. The van der Waals surface area contributed by atoms with Gasteiger partial charge in [-0.05, 0) is 24.3 Å². The molecule has 0 bridgehead atoms. The molecule has 0 radical (unpaired) electrons. The van der Waals surface area contributed by atoms with Gasteiger partial charge < -0.3 is 9.15 Å². The van der Waals surface area contributed by atoms with Crippen molar-refractivity contribution in [2.45, 2.75) is 0 Å². The largest absolute Gasteiger partial charge is 0.497 e. The number of anilines is 1. The fourth-order valence-electron chi connectivity index (χ4n) is 1.84. The summed E-state index contributed by atoms with van der Waals surface area (Å²) in [6.07, 6.45) is 0. The van der Waals surface area contributed by atoms with Crippen molar-refractivity contribution in [3.63, 3.8) is 0 Å². The topological polar surface area (TPSA) is 64.4 Å². The second-order valence-corrected chi connectivity index (χ2v) is 4.17. The van der Waals surface area contributed by atoms with Gasteiger partial charge in [0.25, 0.3) is 5.91 Å². The lowest BCUT2D eigenvalue weighted by molar-refractivity contribution is 0.102. The van der Waals surface area contributed by atoms with E-state index in [0.717, 1.165) is 0 Å². The van der Waals surface area contributed by atoms with E-state index in [1.807, 2.05) is 6.07 Å². The number of carbonyl (C=O) groups is 1. The van der Waals surface area contributed by atoms with Crippen molar-refractivity contribution >= 4 is 23.0 Å². The normalized spacial score (nSPS) is 10.4. The van der Waals surface area contributed by atoms with E-state index in [9.17, 15) is 4.79 Å². The summed E-state index contributed by atoms with van der Waals surface area (Å²) in [5.74, 6) is 0.415. The summed E-state index contributed by atoms with van der Waals surface area (Å²) >= 11 is 0. The molecule has 1 amide bonds. The molecule has 0 fully saturated rings. The molecule has 0 aliphatic rings. The maximum atomic E-state index is 12.0. The second kappa shape index (κ2) is 5.05. The summed E-state index contributed by atoms with van der Waals surface area (Å²) in [5.41, 5.74) is 1.77. The molecule has 5 nitrogen and oxygen atoms in total. The first-order chi connectivity index (χ1) is 9.76. The van der Waals surface area contributed by atoms with Gasteiger partial charge in [0.2, 0.25) is 0 Å². The zero-order valence-electron chi connectivity index (χ0n) is 10.8. The molecule has 1 heterocycles. The van der Waals surface area contributed by atoms with Crippen LogP contribution in [0.4, 0.5) is 6.01 Å². The van der Waals surface area contributed by atoms with Crippen molar-refractivity contribution in [3.05, 3.63) is 54.1 Å². The Morgan fingerprint density at radius 3 is 2.75 bits per heavy atom. The van der Waals surface area contributed by atoms with E-state index in [4.69, 9.17) is 9.15 Å². The molecule has 3 aromatic rings. The maximum Gasteiger partial charge on any atom is 0.302 e. The van der Waals surface area contributed by atoms with Gasteiger partial charge in [0.05, 0.1) is 7.11 Å². The highest BCUT2D eigenvalue weighted by Gasteiger charge is 2.11. The molecule has 0 spiro atoms. The number of methoxy groups -OCH3 is 1. The van der Waals surface area contributed by atoms with Crippen molar-refractivity contribution < 1.29 is 13.9 Å². The van der Waals surface area contributed by atoms with Crippen molar-refractivity contribution in [2.75, 3.05) is 12.4 Å². The van der Waals surface area contributed by atoms with E-state index in [-0.39, 0.29) is 11.9 Å². The number of rotatable bonds is 3. The van der Waals surface area contributed by atoms with Gasteiger partial charge in [-0.25, -0.2) is 0 Å². The summed E-state index contributed by atoms with van der Waals surface area (Å²) in [6, 6.07) is 14.3. The number of hydrogen-bond acceptors (Lipinski definition) is 4. The average Bonchev–Trinajstić information content (AvgIpc) is 2.89. The van der Waals surface area contributed by atoms with Crippen LogP contribution in [0.1, 0.15) is 10.4 Å². The van der Waals surface area contributed by atoms with Crippen LogP contribution < -0.4 is 10.1 Å². The molecular weight excluding hydrogens is 256 g/mol. The first-order valence-corrected chi connectivity index (χ1v) is 6.07. The van der Waals surface area contributed by atoms with E-state index >= 15 is 0 Å². The van der Waals surface area contributed by atoms with E-state index in [0.29, 0.717) is 22.4 Å². The fraction of sp³-hybridized carbons (Fsp3) is 0.0667. The molecule has 0 atom stereocenters. The molecule has 3 rings (SSSR count). The lowest BCUT2D eigenvalue weighted by Crippen LogP contribution is -2.11. The third-order valence-corrected chi connectivity index (χ3v) is 2.85. The van der Waals surface area contributed by atoms with Gasteiger partial charge in [-0.3, -0.25) is 10.1 Å². The molecule has 0 saturated carbocycles. The van der Waals surface area contributed by atoms with Crippen LogP contribution in [0.15, 0.2) is 52.9 Å². The first-order valence-electron chi connectivity index (χ1n) is 6.07. The van der Waals surface area contributed by atoms with Crippen LogP contribution in [0.3, 0.4) is 0 Å². The number of nitrogens with one attached hydrogen (secondary N) is 1. The van der Waals surface area contributed by atoms with Crippen LogP contribution in [0.5, 0.6) is 5.75 Å². The summed E-state index contributed by atoms with van der Waals surface area (Å²) < 4.78 is 10.6. The Kier molecular flexibility index (Phi) is 3.09. The Morgan fingerprint density at radius 2 is 2.00 bits per heavy atom. The minimum Gasteiger partial charge on any atom is -0.497 e. The number of aromatic nitrogens is 1. The van der Waals surface area contributed by atoms with Crippen LogP contribution in [0.25, 0.3) is 11.1 Å². The Bertz CT molecular complexity index is 750. The van der Waals surface area contributed by atoms with E-state index in [2.05, 4.69) is 10.3 Å². The number of nitrogens with zero attached hydrogens (tertiary/aromatic N) is 1. The monoisotopic (exact) mass is 268 g/mol. The van der Waals surface area contributed by atoms with Crippen LogP contribution in [0.2, 0.25) is 0 Å². The van der Waals surface area contributed by atoms with E-state index < -0.39 is 0 Å². The second-order valence-electron chi connectivity index (χ2n) is 4.17. The molecule has 1 N–H and O–H groups in total. The quantitative estimate of drug-likeness (QED) is 0.792. The highest BCUT2D eigenvalue weighted by molar-refractivity contribution is 6.03. The highest BCUT2D eigenvalue weighted by Crippen LogP contribution is 2.23. The predicted molar refractivity (Wildman–Crippen MR) is 75.0 cm³/mol. The summed E-state index contributed by atoms with van der Waals surface area (Å²) in [6.45, 7) is 0. The number of fused-ring (bicyclic) bond motifs is 1. The SMILES string of the molecule is COc1ccc2nc(NC(=O)c3ccccc3)oc2c1. The zero-order chi connectivity index (χ0) is 13.9. The fourth-order valence-corrected chi connectivity index (χ4v) is 1.84. The minimum atomic E-state index is -0.260. The number of benzene rings is 2. The smallest absolute Gasteiger partial charge is 0.302 e. The van der Waals surface area contributed by atoms with Gasteiger partial charge in [-0.1, -0.05) is 18.2 Å². The van der Waals surface area contributed by atoms with Gasteiger partial charge in [0.1, 0.15) is 11.3 Å². The van der Waals surface area contributed by atoms with Gasteiger partial charge in [0, 0.05) is 11.6 Å². The number of hydrogen-bond donors (Lipinski definition) is 1. The Morgan fingerprint density at radius 1 is 1.20 bits per heavy atom. The van der Waals surface area contributed by atoms with E-state index in [1.165, 1.54) is 0 Å². The van der Waals surface area contributed by atoms with Gasteiger partial charge in [-0.15, -0.1) is 0 Å². The molecule has 0 aliphatic heterocycles. The van der Waals surface area contributed by atoms with E-state index in [1.54, 1.807) is 49.6 Å². The molecule has 5 heteroatoms. The predicted octanol–water partition coefficient (Wildman–Crippen LogP) is 3.09. The van der Waals surface area contributed by atoms with Crippen molar-refractivity contribution in [1.29, 1.82) is 0 Å². The Hall–Kier alpha value is -2.82. The Labute approximate surface area is 115 Å². The average molecular weight is 268 g/mol. The number of oxazole rings is 1. The highest BCUT2D eigenvalue weighted by atomic mass is 16.5.